The minimum Gasteiger partial charge on any atom is -0.549 e. The zero-order valence-electron chi connectivity index (χ0n) is 21.6. The first-order valence-electron chi connectivity index (χ1n) is 11.8. The van der Waals surface area contributed by atoms with Crippen molar-refractivity contribution >= 4 is 29.2 Å². The molecule has 1 unspecified atom stereocenters. The number of carboxylic acids is 1. The van der Waals surface area contributed by atoms with E-state index < -0.39 is 29.5 Å². The summed E-state index contributed by atoms with van der Waals surface area (Å²) < 4.78 is 50.1. The molecular weight excluding hydrogens is 574 g/mol. The van der Waals surface area contributed by atoms with Gasteiger partial charge in [0.05, 0.1) is 17.2 Å². The second-order valence-corrected chi connectivity index (χ2v) is 9.14. The van der Waals surface area contributed by atoms with Gasteiger partial charge in [0.2, 0.25) is 0 Å². The second-order valence-electron chi connectivity index (χ2n) is 8.73. The number of alkyl halides is 3. The van der Waals surface area contributed by atoms with Crippen LogP contribution >= 0.6 is 11.6 Å². The molecule has 1 atom stereocenters. The van der Waals surface area contributed by atoms with Crippen molar-refractivity contribution < 1.29 is 66.9 Å². The summed E-state index contributed by atoms with van der Waals surface area (Å²) in [7, 11) is 0. The van der Waals surface area contributed by atoms with E-state index >= 15 is 0 Å². The van der Waals surface area contributed by atoms with Crippen LogP contribution in [0.3, 0.4) is 0 Å². The Morgan fingerprint density at radius 2 is 1.76 bits per heavy atom. The average Bonchev–Trinajstić information content (AvgIpc) is 2.91. The van der Waals surface area contributed by atoms with E-state index in [9.17, 15) is 27.9 Å². The van der Waals surface area contributed by atoms with E-state index in [0.717, 1.165) is 12.1 Å². The molecule has 0 bridgehead atoms. The number of nitrogens with one attached hydrogen (secondary N) is 1. The first-order chi connectivity index (χ1) is 18.9. The molecule has 0 spiro atoms. The van der Waals surface area contributed by atoms with Gasteiger partial charge in [-0.25, -0.2) is 0 Å². The first kappa shape index (κ1) is 31.9. The summed E-state index contributed by atoms with van der Waals surface area (Å²) >= 11 is 6.30. The van der Waals surface area contributed by atoms with Crippen molar-refractivity contribution in [3.8, 4) is 17.2 Å². The van der Waals surface area contributed by atoms with Gasteiger partial charge >= 0.3 is 35.7 Å². The Morgan fingerprint density at radius 1 is 1.05 bits per heavy atom. The Labute approximate surface area is 260 Å². The Kier molecular flexibility index (Phi) is 10.4. The fourth-order valence-corrected chi connectivity index (χ4v) is 4.12. The topological polar surface area (TPSA) is 140 Å². The number of fused-ring (bicyclic) bond motifs is 1. The van der Waals surface area contributed by atoms with Crippen LogP contribution < -0.4 is 60.9 Å². The molecule has 1 aliphatic heterocycles. The minimum atomic E-state index is -4.51. The van der Waals surface area contributed by atoms with Crippen molar-refractivity contribution in [1.29, 1.82) is 0 Å². The maximum atomic E-state index is 12.9. The van der Waals surface area contributed by atoms with Crippen LogP contribution in [0.1, 0.15) is 39.4 Å². The van der Waals surface area contributed by atoms with E-state index in [0.29, 0.717) is 17.1 Å². The third kappa shape index (κ3) is 7.98. The third-order valence-corrected chi connectivity index (χ3v) is 6.25. The third-order valence-electron chi connectivity index (χ3n) is 5.96. The SMILES string of the molecule is N/C(=C\C=C(/N)NC(=O)c1ccc(Oc2cc3c(cc2Cl)C(C(=O)[O-])CCO3)cc1)c1cccc(C(F)(F)F)c1.[Na+]. The van der Waals surface area contributed by atoms with Crippen LogP contribution in [0, 0.1) is 0 Å². The van der Waals surface area contributed by atoms with Gasteiger partial charge < -0.3 is 36.2 Å². The van der Waals surface area contributed by atoms with E-state index in [-0.39, 0.29) is 76.0 Å². The zero-order chi connectivity index (χ0) is 29.0. The Morgan fingerprint density at radius 3 is 2.41 bits per heavy atom. The van der Waals surface area contributed by atoms with Gasteiger partial charge in [-0.15, -0.1) is 0 Å². The molecule has 41 heavy (non-hydrogen) atoms. The number of benzene rings is 3. The number of allylic oxidation sites excluding steroid dienone is 2. The zero-order valence-corrected chi connectivity index (χ0v) is 24.4. The molecule has 4 rings (SSSR count). The molecule has 1 heterocycles. The number of hydrogen-bond donors (Lipinski definition) is 3. The van der Waals surface area contributed by atoms with Crippen LogP contribution in [0.5, 0.6) is 17.2 Å². The molecule has 3 aromatic rings. The number of rotatable bonds is 7. The fraction of sp³-hybridized carbons (Fsp3) is 0.143. The van der Waals surface area contributed by atoms with E-state index in [4.69, 9.17) is 32.5 Å². The second kappa shape index (κ2) is 13.3. The predicted octanol–water partition coefficient (Wildman–Crippen LogP) is 1.30. The molecule has 0 saturated carbocycles. The summed E-state index contributed by atoms with van der Waals surface area (Å²) in [4.78, 5) is 24.0. The van der Waals surface area contributed by atoms with Crippen LogP contribution in [0.15, 0.2) is 78.6 Å². The van der Waals surface area contributed by atoms with Gasteiger partial charge in [0, 0.05) is 34.8 Å². The predicted molar refractivity (Wildman–Crippen MR) is 139 cm³/mol. The smallest absolute Gasteiger partial charge is 0.549 e. The van der Waals surface area contributed by atoms with Crippen molar-refractivity contribution in [2.75, 3.05) is 6.61 Å². The summed E-state index contributed by atoms with van der Waals surface area (Å²) in [5.74, 6) is -1.78. The fourth-order valence-electron chi connectivity index (χ4n) is 3.91. The van der Waals surface area contributed by atoms with Crippen LogP contribution in [-0.4, -0.2) is 18.5 Å². The van der Waals surface area contributed by atoms with E-state index in [2.05, 4.69) is 5.32 Å². The molecule has 0 aliphatic carbocycles. The van der Waals surface area contributed by atoms with Crippen molar-refractivity contribution in [2.24, 2.45) is 11.5 Å². The quantitative estimate of drug-likeness (QED) is 0.276. The number of halogens is 4. The van der Waals surface area contributed by atoms with E-state index in [1.807, 2.05) is 0 Å². The summed E-state index contributed by atoms with van der Waals surface area (Å²) in [6.45, 7) is 0.210. The number of nitrogens with two attached hydrogens (primary N) is 2. The standard InChI is InChI=1S/C28H23ClF3N3O5.Na/c29-21-13-20-19(27(37)38)10-11-39-23(20)14-24(21)40-18-6-4-15(5-7-18)26(36)35-25(34)9-8-22(33)16-2-1-3-17(12-16)28(30,31)32;/h1-9,12-14,19H,10-11,33-34H2,(H,35,36)(H,37,38);/q;+1/p-1/b22-8-,25-9+;. The number of aliphatic carboxylic acids is 1. The van der Waals surface area contributed by atoms with E-state index in [1.165, 1.54) is 60.7 Å². The van der Waals surface area contributed by atoms with Gasteiger partial charge in [-0.1, -0.05) is 23.7 Å². The molecule has 13 heteroatoms. The maximum absolute atomic E-state index is 12.9. The molecular formula is C28H22ClF3N3NaO5. The Hall–Kier alpha value is -3.64. The molecule has 5 N–H and O–H groups in total. The van der Waals surface area contributed by atoms with Crippen molar-refractivity contribution in [1.82, 2.24) is 5.32 Å². The molecule has 1 amide bonds. The summed E-state index contributed by atoms with van der Waals surface area (Å²) in [5, 5.41) is 14.0. The largest absolute Gasteiger partial charge is 1.00 e. The normalized spacial score (nSPS) is 15.2. The molecule has 1 aliphatic rings. The molecule has 0 aromatic heterocycles. The van der Waals surface area contributed by atoms with Crippen LogP contribution in [-0.2, 0) is 11.0 Å². The van der Waals surface area contributed by atoms with Crippen LogP contribution in [0.25, 0.3) is 5.70 Å². The van der Waals surface area contributed by atoms with Crippen molar-refractivity contribution in [3.05, 3.63) is 106 Å². The Bertz CT molecular complexity index is 1510. The molecule has 0 saturated heterocycles. The molecule has 208 valence electrons. The van der Waals surface area contributed by atoms with Crippen molar-refractivity contribution in [2.45, 2.75) is 18.5 Å². The monoisotopic (exact) mass is 595 g/mol. The van der Waals surface area contributed by atoms with Gasteiger partial charge in [-0.3, -0.25) is 4.79 Å². The number of carboxylic acid groups (broad SMARTS) is 1. The van der Waals surface area contributed by atoms with Gasteiger partial charge in [0.15, 0.2) is 0 Å². The molecule has 0 radical (unpaired) electrons. The van der Waals surface area contributed by atoms with Crippen LogP contribution in [0.4, 0.5) is 13.2 Å². The molecule has 8 nitrogen and oxygen atoms in total. The number of hydrogen-bond acceptors (Lipinski definition) is 7. The summed E-state index contributed by atoms with van der Waals surface area (Å²) in [6, 6.07) is 13.4. The minimum absolute atomic E-state index is 0. The van der Waals surface area contributed by atoms with Gasteiger partial charge in [0.1, 0.15) is 23.1 Å². The Balaban J connectivity index is 0.00000462. The average molecular weight is 596 g/mol. The first-order valence-corrected chi connectivity index (χ1v) is 12.2. The number of carbonyl (C=O) groups is 2. The van der Waals surface area contributed by atoms with E-state index in [1.54, 1.807) is 0 Å². The van der Waals surface area contributed by atoms with Gasteiger partial charge in [-0.05, 0) is 66.6 Å². The summed E-state index contributed by atoms with van der Waals surface area (Å²) in [6.07, 6.45) is -1.70. The van der Waals surface area contributed by atoms with Gasteiger partial charge in [0.25, 0.3) is 5.91 Å². The number of ether oxygens (including phenoxy) is 2. The number of carbonyl (C=O) groups excluding carboxylic acids is 2. The molecule has 3 aromatic carbocycles. The molecule has 0 fully saturated rings. The van der Waals surface area contributed by atoms with Gasteiger partial charge in [-0.2, -0.15) is 13.2 Å². The van der Waals surface area contributed by atoms with Crippen LogP contribution in [0.2, 0.25) is 5.02 Å². The summed E-state index contributed by atoms with van der Waals surface area (Å²) in [5.41, 5.74) is 11.7. The van der Waals surface area contributed by atoms with Crippen molar-refractivity contribution in [3.63, 3.8) is 0 Å². The number of amides is 1. The maximum Gasteiger partial charge on any atom is 1.00 e.